The van der Waals surface area contributed by atoms with Crippen molar-refractivity contribution in [2.24, 2.45) is 5.73 Å². The number of hydrogen-bond donors (Lipinski definition) is 1. The third-order valence-corrected chi connectivity index (χ3v) is 5.38. The Bertz CT molecular complexity index is 580. The monoisotopic (exact) mass is 313 g/mol. The number of anilines is 1. The summed E-state index contributed by atoms with van der Waals surface area (Å²) in [7, 11) is 0. The second-order valence-corrected chi connectivity index (χ2v) is 6.82. The van der Waals surface area contributed by atoms with Crippen LogP contribution >= 0.6 is 35.6 Å². The Labute approximate surface area is 125 Å². The van der Waals surface area contributed by atoms with Crippen LogP contribution < -0.4 is 10.6 Å². The van der Waals surface area contributed by atoms with Gasteiger partial charge in [0, 0.05) is 15.2 Å². The Morgan fingerprint density at radius 3 is 3.00 bits per heavy atom. The fourth-order valence-corrected chi connectivity index (χ4v) is 4.25. The Balaban J connectivity index is 2.09. The second kappa shape index (κ2) is 4.54. The number of rotatable bonds is 0. The highest BCUT2D eigenvalue weighted by Gasteiger charge is 2.44. The van der Waals surface area contributed by atoms with Crippen LogP contribution in [-0.4, -0.2) is 33.9 Å². The molecule has 1 fully saturated rings. The van der Waals surface area contributed by atoms with Crippen molar-refractivity contribution in [3.63, 3.8) is 0 Å². The lowest BCUT2D eigenvalue weighted by Crippen LogP contribution is -2.43. The Hall–Kier alpha value is -0.980. The van der Waals surface area contributed by atoms with E-state index in [0.29, 0.717) is 21.9 Å². The van der Waals surface area contributed by atoms with Crippen molar-refractivity contribution in [3.8, 4) is 0 Å². The molecule has 2 atom stereocenters. The highest BCUT2D eigenvalue weighted by Crippen LogP contribution is 2.45. The molecule has 0 aromatic heterocycles. The number of primary amides is 1. The van der Waals surface area contributed by atoms with E-state index in [2.05, 4.69) is 6.92 Å². The molecule has 1 saturated heterocycles. The molecule has 0 bridgehead atoms. The Kier molecular flexibility index (Phi) is 3.11. The summed E-state index contributed by atoms with van der Waals surface area (Å²) in [4.78, 5) is 16.0. The number of hydrogen-bond acceptors (Lipinski definition) is 3. The molecule has 100 valence electrons. The molecule has 1 aromatic carbocycles. The number of thiocarbonyl (C=S) groups is 1. The van der Waals surface area contributed by atoms with Gasteiger partial charge in [0.2, 0.25) is 0 Å². The summed E-state index contributed by atoms with van der Waals surface area (Å²) in [5, 5.41) is 1.46. The average Bonchev–Trinajstić information content (AvgIpc) is 2.69. The number of amides is 2. The summed E-state index contributed by atoms with van der Waals surface area (Å²) < 4.78 is 0. The average molecular weight is 314 g/mol. The molecule has 2 heterocycles. The smallest absolute Gasteiger partial charge is 0.321 e. The molecular weight excluding hydrogens is 302 g/mol. The van der Waals surface area contributed by atoms with Gasteiger partial charge in [-0.2, -0.15) is 0 Å². The quantitative estimate of drug-likeness (QED) is 0.748. The molecule has 19 heavy (non-hydrogen) atoms. The minimum atomic E-state index is -0.500. The number of carbonyl (C=O) groups is 1. The zero-order chi connectivity index (χ0) is 13.7. The molecule has 3 rings (SSSR count). The van der Waals surface area contributed by atoms with Crippen molar-refractivity contribution >= 4 is 52.4 Å². The van der Waals surface area contributed by atoms with Gasteiger partial charge in [0.25, 0.3) is 0 Å². The van der Waals surface area contributed by atoms with Gasteiger partial charge in [0.1, 0.15) is 0 Å². The predicted octanol–water partition coefficient (Wildman–Crippen LogP) is 2.69. The molecule has 2 amide bonds. The fourth-order valence-electron chi connectivity index (χ4n) is 2.50. The summed E-state index contributed by atoms with van der Waals surface area (Å²) >= 11 is 13.2. The highest BCUT2D eigenvalue weighted by atomic mass is 35.5. The van der Waals surface area contributed by atoms with Crippen LogP contribution in [0.2, 0.25) is 5.02 Å². The number of urea groups is 1. The van der Waals surface area contributed by atoms with Gasteiger partial charge in [0.05, 0.1) is 18.3 Å². The maximum absolute atomic E-state index is 11.4. The van der Waals surface area contributed by atoms with Gasteiger partial charge in [-0.1, -0.05) is 18.5 Å². The molecule has 2 unspecified atom stereocenters. The summed E-state index contributed by atoms with van der Waals surface area (Å²) in [6.07, 6.45) is 0. The van der Waals surface area contributed by atoms with E-state index in [1.165, 1.54) is 4.90 Å². The van der Waals surface area contributed by atoms with Gasteiger partial charge in [-0.3, -0.25) is 4.90 Å². The van der Waals surface area contributed by atoms with E-state index in [4.69, 9.17) is 29.6 Å². The normalized spacial score (nSPS) is 25.3. The predicted molar refractivity (Wildman–Crippen MR) is 81.9 cm³/mol. The van der Waals surface area contributed by atoms with E-state index in [0.717, 1.165) is 10.6 Å². The number of halogens is 1. The number of thioether (sulfide) groups is 1. The molecule has 0 aliphatic carbocycles. The lowest BCUT2D eigenvalue weighted by molar-refractivity contribution is 0.232. The maximum Gasteiger partial charge on any atom is 0.321 e. The van der Waals surface area contributed by atoms with Crippen LogP contribution in [0.5, 0.6) is 0 Å². The third kappa shape index (κ3) is 1.98. The van der Waals surface area contributed by atoms with Gasteiger partial charge < -0.3 is 10.6 Å². The lowest BCUT2D eigenvalue weighted by Gasteiger charge is -2.35. The molecule has 0 saturated carbocycles. The summed E-state index contributed by atoms with van der Waals surface area (Å²) in [6.45, 7) is 2.67. The molecule has 4 nitrogen and oxygen atoms in total. The van der Waals surface area contributed by atoms with Crippen molar-refractivity contribution in [2.75, 3.05) is 11.4 Å². The summed E-state index contributed by atoms with van der Waals surface area (Å²) in [6, 6.07) is 5.39. The van der Waals surface area contributed by atoms with Crippen molar-refractivity contribution in [1.29, 1.82) is 0 Å². The molecule has 0 spiro atoms. The first-order valence-corrected chi connectivity index (χ1v) is 7.52. The Morgan fingerprint density at radius 1 is 1.58 bits per heavy atom. The molecule has 2 aliphatic heterocycles. The fraction of sp³-hybridized carbons (Fsp3) is 0.333. The van der Waals surface area contributed by atoms with Crippen LogP contribution in [0.3, 0.4) is 0 Å². The topological polar surface area (TPSA) is 49.6 Å². The number of benzene rings is 1. The zero-order valence-electron chi connectivity index (χ0n) is 10.2. The van der Waals surface area contributed by atoms with Crippen molar-refractivity contribution in [2.45, 2.75) is 23.1 Å². The van der Waals surface area contributed by atoms with Crippen LogP contribution in [0, 0.1) is 0 Å². The summed E-state index contributed by atoms with van der Waals surface area (Å²) in [5.74, 6) is 0. The number of carbonyl (C=O) groups excluding carboxylic acids is 1. The summed E-state index contributed by atoms with van der Waals surface area (Å²) in [5.41, 5.74) is 6.34. The van der Waals surface area contributed by atoms with Gasteiger partial charge in [-0.15, -0.1) is 11.8 Å². The van der Waals surface area contributed by atoms with Gasteiger partial charge in [-0.05, 0) is 30.4 Å². The van der Waals surface area contributed by atoms with Gasteiger partial charge >= 0.3 is 6.03 Å². The van der Waals surface area contributed by atoms with E-state index in [1.54, 1.807) is 11.8 Å². The van der Waals surface area contributed by atoms with Crippen LogP contribution in [0.25, 0.3) is 0 Å². The third-order valence-electron chi connectivity index (χ3n) is 3.44. The first-order chi connectivity index (χ1) is 8.99. The van der Waals surface area contributed by atoms with E-state index in [1.807, 2.05) is 23.1 Å². The van der Waals surface area contributed by atoms with Crippen molar-refractivity contribution in [1.82, 2.24) is 4.90 Å². The van der Waals surface area contributed by atoms with Crippen molar-refractivity contribution in [3.05, 3.63) is 23.2 Å². The van der Waals surface area contributed by atoms with Crippen LogP contribution in [0.4, 0.5) is 10.5 Å². The number of nitrogens with two attached hydrogens (primary N) is 1. The number of nitrogens with zero attached hydrogens (tertiary/aromatic N) is 2. The first-order valence-electron chi connectivity index (χ1n) is 5.85. The van der Waals surface area contributed by atoms with E-state index in [9.17, 15) is 4.79 Å². The van der Waals surface area contributed by atoms with Gasteiger partial charge in [-0.25, -0.2) is 4.79 Å². The second-order valence-electron chi connectivity index (χ2n) is 4.60. The van der Waals surface area contributed by atoms with Crippen LogP contribution in [-0.2, 0) is 0 Å². The number of fused-ring (bicyclic) bond motifs is 3. The molecular formula is C12H12ClN3OS2. The van der Waals surface area contributed by atoms with E-state index in [-0.39, 0.29) is 6.04 Å². The minimum Gasteiger partial charge on any atom is -0.351 e. The van der Waals surface area contributed by atoms with E-state index >= 15 is 0 Å². The molecule has 7 heteroatoms. The molecule has 0 radical (unpaired) electrons. The highest BCUT2D eigenvalue weighted by molar-refractivity contribution is 8.00. The first kappa shape index (κ1) is 13.0. The zero-order valence-corrected chi connectivity index (χ0v) is 12.6. The van der Waals surface area contributed by atoms with E-state index < -0.39 is 6.03 Å². The maximum atomic E-state index is 11.4. The van der Waals surface area contributed by atoms with Crippen LogP contribution in [0.1, 0.15) is 6.92 Å². The lowest BCUT2D eigenvalue weighted by atomic mass is 10.1. The SMILES string of the molecule is CC1Sc2ccc(Cl)cc2N2C(=S)N(C(N)=O)CC12. The van der Waals surface area contributed by atoms with Gasteiger partial charge in [0.15, 0.2) is 5.11 Å². The standard InChI is InChI=1S/C12H12ClN3OS2/c1-6-9-5-15(11(14)17)12(18)16(9)8-4-7(13)2-3-10(8)19-6/h2-4,6,9H,5H2,1H3,(H2,14,17). The molecule has 2 aliphatic rings. The molecule has 2 N–H and O–H groups in total. The Morgan fingerprint density at radius 2 is 2.32 bits per heavy atom. The van der Waals surface area contributed by atoms with Crippen LogP contribution in [0.15, 0.2) is 23.1 Å². The molecule has 1 aromatic rings. The van der Waals surface area contributed by atoms with Crippen molar-refractivity contribution < 1.29 is 4.79 Å². The minimum absolute atomic E-state index is 0.149. The largest absolute Gasteiger partial charge is 0.351 e.